The van der Waals surface area contributed by atoms with E-state index in [4.69, 9.17) is 0 Å². The van der Waals surface area contributed by atoms with Crippen molar-refractivity contribution in [3.63, 3.8) is 0 Å². The maximum Gasteiger partial charge on any atom is 0.0774 e. The summed E-state index contributed by atoms with van der Waals surface area (Å²) in [7, 11) is 2.06. The summed E-state index contributed by atoms with van der Waals surface area (Å²) in [5, 5.41) is 19.9. The van der Waals surface area contributed by atoms with E-state index in [0.29, 0.717) is 0 Å². The standard InChI is InChI=1S/C14H29NO2/c1-4-7-13(2,12-16)10-15(3)11-14(17)8-5-6-9-14/h16-17H,4-12H2,1-3H3. The Morgan fingerprint density at radius 1 is 1.29 bits per heavy atom. The number of aliphatic hydroxyl groups is 2. The fraction of sp³-hybridized carbons (Fsp3) is 1.00. The maximum absolute atomic E-state index is 10.4. The van der Waals surface area contributed by atoms with Gasteiger partial charge < -0.3 is 15.1 Å². The van der Waals surface area contributed by atoms with Gasteiger partial charge in [0.2, 0.25) is 0 Å². The van der Waals surface area contributed by atoms with Crippen molar-refractivity contribution in [2.24, 2.45) is 5.41 Å². The van der Waals surface area contributed by atoms with E-state index < -0.39 is 5.60 Å². The van der Waals surface area contributed by atoms with Gasteiger partial charge in [0.15, 0.2) is 0 Å². The van der Waals surface area contributed by atoms with Crippen LogP contribution in [-0.4, -0.2) is 47.5 Å². The summed E-state index contributed by atoms with van der Waals surface area (Å²) in [6.07, 6.45) is 6.29. The third-order valence-electron chi connectivity index (χ3n) is 3.99. The lowest BCUT2D eigenvalue weighted by Gasteiger charge is -2.35. The summed E-state index contributed by atoms with van der Waals surface area (Å²) in [6, 6.07) is 0. The molecule has 1 rings (SSSR count). The van der Waals surface area contributed by atoms with Crippen LogP contribution in [0.1, 0.15) is 52.4 Å². The summed E-state index contributed by atoms with van der Waals surface area (Å²) in [4.78, 5) is 2.19. The van der Waals surface area contributed by atoms with Gasteiger partial charge in [-0.2, -0.15) is 0 Å². The molecule has 1 unspecified atom stereocenters. The lowest BCUT2D eigenvalue weighted by atomic mass is 9.85. The number of likely N-dealkylation sites (N-methyl/N-ethyl adjacent to an activating group) is 1. The largest absolute Gasteiger partial charge is 0.396 e. The minimum atomic E-state index is -0.475. The van der Waals surface area contributed by atoms with Gasteiger partial charge in [-0.25, -0.2) is 0 Å². The summed E-state index contributed by atoms with van der Waals surface area (Å²) in [5.74, 6) is 0. The number of hydrogen-bond donors (Lipinski definition) is 2. The Morgan fingerprint density at radius 3 is 2.35 bits per heavy atom. The highest BCUT2D eigenvalue weighted by molar-refractivity contribution is 4.88. The first-order chi connectivity index (χ1) is 7.93. The van der Waals surface area contributed by atoms with Gasteiger partial charge in [0.25, 0.3) is 0 Å². The van der Waals surface area contributed by atoms with Crippen molar-refractivity contribution in [2.75, 3.05) is 26.7 Å². The zero-order valence-corrected chi connectivity index (χ0v) is 11.7. The molecular weight excluding hydrogens is 214 g/mol. The molecule has 0 radical (unpaired) electrons. The third kappa shape index (κ3) is 4.57. The molecule has 1 saturated carbocycles. The van der Waals surface area contributed by atoms with Crippen LogP contribution in [0, 0.1) is 5.41 Å². The summed E-state index contributed by atoms with van der Waals surface area (Å²) >= 11 is 0. The van der Waals surface area contributed by atoms with E-state index in [1.807, 2.05) is 0 Å². The molecule has 0 heterocycles. The van der Waals surface area contributed by atoms with Crippen molar-refractivity contribution in [1.82, 2.24) is 4.90 Å². The molecule has 0 aliphatic heterocycles. The average Bonchev–Trinajstić information content (AvgIpc) is 2.64. The first-order valence-electron chi connectivity index (χ1n) is 6.95. The van der Waals surface area contributed by atoms with Gasteiger partial charge in [-0.3, -0.25) is 0 Å². The van der Waals surface area contributed by atoms with Crippen molar-refractivity contribution in [3.05, 3.63) is 0 Å². The molecule has 0 aromatic rings. The molecule has 1 fully saturated rings. The second kappa shape index (κ2) is 6.17. The number of aliphatic hydroxyl groups excluding tert-OH is 1. The average molecular weight is 243 g/mol. The van der Waals surface area contributed by atoms with Crippen LogP contribution >= 0.6 is 0 Å². The molecule has 0 aromatic heterocycles. The van der Waals surface area contributed by atoms with Crippen molar-refractivity contribution in [3.8, 4) is 0 Å². The molecule has 3 nitrogen and oxygen atoms in total. The number of hydrogen-bond acceptors (Lipinski definition) is 3. The van der Waals surface area contributed by atoms with E-state index in [1.165, 1.54) is 0 Å². The van der Waals surface area contributed by atoms with Crippen LogP contribution in [0.25, 0.3) is 0 Å². The van der Waals surface area contributed by atoms with Crippen molar-refractivity contribution < 1.29 is 10.2 Å². The van der Waals surface area contributed by atoms with Crippen LogP contribution in [0.2, 0.25) is 0 Å². The molecule has 0 spiro atoms. The number of rotatable bonds is 7. The van der Waals surface area contributed by atoms with E-state index in [2.05, 4.69) is 25.8 Å². The lowest BCUT2D eigenvalue weighted by Crippen LogP contribution is -2.44. The van der Waals surface area contributed by atoms with Crippen LogP contribution in [0.5, 0.6) is 0 Å². The Hall–Kier alpha value is -0.120. The minimum Gasteiger partial charge on any atom is -0.396 e. The van der Waals surface area contributed by atoms with Gasteiger partial charge in [0.1, 0.15) is 0 Å². The van der Waals surface area contributed by atoms with Gasteiger partial charge in [0.05, 0.1) is 5.60 Å². The van der Waals surface area contributed by atoms with Crippen LogP contribution in [0.15, 0.2) is 0 Å². The Morgan fingerprint density at radius 2 is 1.88 bits per heavy atom. The lowest BCUT2D eigenvalue weighted by molar-refractivity contribution is -0.00136. The highest BCUT2D eigenvalue weighted by Crippen LogP contribution is 2.31. The molecule has 3 heteroatoms. The quantitative estimate of drug-likeness (QED) is 0.719. The molecule has 0 saturated heterocycles. The second-order valence-electron chi connectivity index (χ2n) is 6.32. The zero-order valence-electron chi connectivity index (χ0n) is 11.7. The van der Waals surface area contributed by atoms with E-state index >= 15 is 0 Å². The molecular formula is C14H29NO2. The molecule has 1 aliphatic carbocycles. The molecule has 0 amide bonds. The van der Waals surface area contributed by atoms with E-state index in [-0.39, 0.29) is 12.0 Å². The fourth-order valence-corrected chi connectivity index (χ4v) is 3.21. The summed E-state index contributed by atoms with van der Waals surface area (Å²) in [5.41, 5.74) is -0.504. The van der Waals surface area contributed by atoms with Crippen LogP contribution in [0.4, 0.5) is 0 Å². The maximum atomic E-state index is 10.4. The Balaban J connectivity index is 2.44. The van der Waals surface area contributed by atoms with Crippen LogP contribution in [0.3, 0.4) is 0 Å². The predicted molar refractivity (Wildman–Crippen MR) is 71.0 cm³/mol. The first-order valence-corrected chi connectivity index (χ1v) is 6.95. The molecule has 102 valence electrons. The predicted octanol–water partition coefficient (Wildman–Crippen LogP) is 2.02. The Kier molecular flexibility index (Phi) is 5.42. The van der Waals surface area contributed by atoms with Crippen molar-refractivity contribution >= 4 is 0 Å². The monoisotopic (exact) mass is 243 g/mol. The van der Waals surface area contributed by atoms with Crippen LogP contribution in [-0.2, 0) is 0 Å². The number of nitrogens with zero attached hydrogens (tertiary/aromatic N) is 1. The molecule has 0 aromatic carbocycles. The molecule has 1 atom stereocenters. The highest BCUT2D eigenvalue weighted by Gasteiger charge is 2.34. The summed E-state index contributed by atoms with van der Waals surface area (Å²) < 4.78 is 0. The SMILES string of the molecule is CCCC(C)(CO)CN(C)CC1(O)CCCC1. The topological polar surface area (TPSA) is 43.7 Å². The van der Waals surface area contributed by atoms with Gasteiger partial charge in [-0.05, 0) is 26.3 Å². The van der Waals surface area contributed by atoms with Crippen molar-refractivity contribution in [1.29, 1.82) is 0 Å². The smallest absolute Gasteiger partial charge is 0.0774 e. The highest BCUT2D eigenvalue weighted by atomic mass is 16.3. The van der Waals surface area contributed by atoms with Crippen LogP contribution < -0.4 is 0 Å². The zero-order chi connectivity index (χ0) is 12.9. The third-order valence-corrected chi connectivity index (χ3v) is 3.99. The molecule has 17 heavy (non-hydrogen) atoms. The normalized spacial score (nSPS) is 22.9. The Bertz CT molecular complexity index is 226. The van der Waals surface area contributed by atoms with E-state index in [0.717, 1.165) is 51.6 Å². The van der Waals surface area contributed by atoms with Gasteiger partial charge in [0, 0.05) is 25.1 Å². The molecule has 0 bridgehead atoms. The van der Waals surface area contributed by atoms with Gasteiger partial charge >= 0.3 is 0 Å². The molecule has 2 N–H and O–H groups in total. The summed E-state index contributed by atoms with van der Waals surface area (Å²) in [6.45, 7) is 6.11. The van der Waals surface area contributed by atoms with Gasteiger partial charge in [-0.1, -0.05) is 33.1 Å². The van der Waals surface area contributed by atoms with Crippen molar-refractivity contribution in [2.45, 2.75) is 58.0 Å². The van der Waals surface area contributed by atoms with E-state index in [1.54, 1.807) is 0 Å². The Labute approximate surface area is 106 Å². The second-order valence-corrected chi connectivity index (χ2v) is 6.32. The fourth-order valence-electron chi connectivity index (χ4n) is 3.21. The van der Waals surface area contributed by atoms with E-state index in [9.17, 15) is 10.2 Å². The minimum absolute atomic E-state index is 0.0293. The van der Waals surface area contributed by atoms with Gasteiger partial charge in [-0.15, -0.1) is 0 Å². The first kappa shape index (κ1) is 14.9. The molecule has 1 aliphatic rings.